The highest BCUT2D eigenvalue weighted by atomic mass is 16.3. The molecule has 4 aliphatic rings. The Hall–Kier alpha value is -5.25. The summed E-state index contributed by atoms with van der Waals surface area (Å²) < 4.78 is 0. The first kappa shape index (κ1) is 36.7. The van der Waals surface area contributed by atoms with Crippen LogP contribution < -0.4 is 10.2 Å². The van der Waals surface area contributed by atoms with Gasteiger partial charge in [0.1, 0.15) is 11.8 Å². The minimum atomic E-state index is -0.587. The second-order valence-corrected chi connectivity index (χ2v) is 15.4. The lowest BCUT2D eigenvalue weighted by Gasteiger charge is -2.38. The number of imide groups is 1. The van der Waals surface area contributed by atoms with Gasteiger partial charge in [-0.2, -0.15) is 0 Å². The van der Waals surface area contributed by atoms with Crippen molar-refractivity contribution < 1.29 is 19.5 Å². The van der Waals surface area contributed by atoms with Crippen molar-refractivity contribution in [1.82, 2.24) is 20.0 Å². The SMILES string of the molecule is CC/C(=C(\c1ccc(O)cc1)c1ccc(C2CCN(CCN3CCN(c4ccc5c(c4)CN(C4CCC(=O)NC4=O)C5=O)CC3)CC2)cc1)c1ccccc1. The van der Waals surface area contributed by atoms with Crippen molar-refractivity contribution in [3.63, 3.8) is 0 Å². The van der Waals surface area contributed by atoms with Crippen LogP contribution in [0.25, 0.3) is 11.1 Å². The third-order valence-corrected chi connectivity index (χ3v) is 12.2. The lowest BCUT2D eigenvalue weighted by Crippen LogP contribution is -2.52. The van der Waals surface area contributed by atoms with E-state index in [9.17, 15) is 19.5 Å². The molecule has 8 rings (SSSR count). The first-order valence-electron chi connectivity index (χ1n) is 20.0. The molecule has 0 aliphatic carbocycles. The van der Waals surface area contributed by atoms with Crippen LogP contribution in [0.15, 0.2) is 97.1 Å². The summed E-state index contributed by atoms with van der Waals surface area (Å²) in [6.07, 6.45) is 3.88. The fourth-order valence-corrected chi connectivity index (χ4v) is 8.99. The van der Waals surface area contributed by atoms with Crippen molar-refractivity contribution in [1.29, 1.82) is 0 Å². The molecule has 3 amide bonds. The number of aromatic hydroxyl groups is 1. The Labute approximate surface area is 324 Å². The lowest BCUT2D eigenvalue weighted by atomic mass is 9.85. The lowest BCUT2D eigenvalue weighted by molar-refractivity contribution is -0.136. The zero-order valence-electron chi connectivity index (χ0n) is 31.8. The number of piperazine rings is 1. The number of hydrogen-bond donors (Lipinski definition) is 2. The number of fused-ring (bicyclic) bond motifs is 1. The van der Waals surface area contributed by atoms with Crippen LogP contribution in [-0.2, 0) is 16.1 Å². The number of rotatable bonds is 10. The van der Waals surface area contributed by atoms with Gasteiger partial charge in [0.2, 0.25) is 11.8 Å². The van der Waals surface area contributed by atoms with Crippen molar-refractivity contribution in [3.8, 4) is 5.75 Å². The van der Waals surface area contributed by atoms with E-state index in [4.69, 9.17) is 0 Å². The van der Waals surface area contributed by atoms with Crippen LogP contribution in [0.1, 0.15) is 83.1 Å². The van der Waals surface area contributed by atoms with Gasteiger partial charge in [-0.15, -0.1) is 0 Å². The highest BCUT2D eigenvalue weighted by molar-refractivity contribution is 6.05. The largest absolute Gasteiger partial charge is 0.508 e. The summed E-state index contributed by atoms with van der Waals surface area (Å²) in [6.45, 7) is 10.9. The number of benzene rings is 4. The van der Waals surface area contributed by atoms with E-state index < -0.39 is 6.04 Å². The number of allylic oxidation sites excluding steroid dienone is 1. The number of phenols is 1. The Morgan fingerprint density at radius 1 is 0.727 bits per heavy atom. The molecule has 284 valence electrons. The molecule has 4 heterocycles. The minimum Gasteiger partial charge on any atom is -0.508 e. The molecule has 0 bridgehead atoms. The van der Waals surface area contributed by atoms with Crippen molar-refractivity contribution in [2.75, 3.05) is 57.3 Å². The van der Waals surface area contributed by atoms with E-state index in [0.717, 1.165) is 75.6 Å². The monoisotopic (exact) mass is 737 g/mol. The van der Waals surface area contributed by atoms with E-state index in [-0.39, 0.29) is 29.9 Å². The summed E-state index contributed by atoms with van der Waals surface area (Å²) >= 11 is 0. The molecule has 9 heteroatoms. The molecule has 55 heavy (non-hydrogen) atoms. The Balaban J connectivity index is 0.824. The molecule has 1 unspecified atom stereocenters. The molecule has 1 atom stereocenters. The predicted molar refractivity (Wildman–Crippen MR) is 217 cm³/mol. The Kier molecular flexibility index (Phi) is 10.8. The zero-order chi connectivity index (χ0) is 37.9. The second kappa shape index (κ2) is 16.2. The van der Waals surface area contributed by atoms with Crippen LogP contribution in [0, 0.1) is 0 Å². The van der Waals surface area contributed by atoms with Crippen LogP contribution in [0.4, 0.5) is 5.69 Å². The number of nitrogens with one attached hydrogen (secondary N) is 1. The normalized spacial score (nSPS) is 20.4. The van der Waals surface area contributed by atoms with Crippen LogP contribution in [0.5, 0.6) is 5.75 Å². The van der Waals surface area contributed by atoms with Gasteiger partial charge in [0.05, 0.1) is 0 Å². The van der Waals surface area contributed by atoms with Crippen molar-refractivity contribution in [3.05, 3.63) is 130 Å². The van der Waals surface area contributed by atoms with Gasteiger partial charge in [0.25, 0.3) is 5.91 Å². The number of piperidine rings is 2. The number of likely N-dealkylation sites (tertiary alicyclic amines) is 1. The van der Waals surface area contributed by atoms with Crippen molar-refractivity contribution in [2.45, 2.75) is 57.5 Å². The maximum absolute atomic E-state index is 13.1. The highest BCUT2D eigenvalue weighted by Crippen LogP contribution is 2.37. The standard InChI is InChI=1S/C46H51N5O4/c1-2-40(34-6-4-3-5-7-34)44(36-12-15-39(52)16-13-36)35-10-8-32(9-11-35)33-20-22-48(23-21-33)24-25-49-26-28-50(29-27-49)38-14-17-41-37(30-38)31-51(46(41)55)42-18-19-43(53)47-45(42)54/h3-17,30,33,42,52H,2,18-29,31H2,1H3,(H,47,53,54)/b44-40+. The summed E-state index contributed by atoms with van der Waals surface area (Å²) in [4.78, 5) is 46.4. The van der Waals surface area contributed by atoms with Gasteiger partial charge >= 0.3 is 0 Å². The van der Waals surface area contributed by atoms with Gasteiger partial charge in [0.15, 0.2) is 0 Å². The number of amides is 3. The Morgan fingerprint density at radius 2 is 1.38 bits per heavy atom. The van der Waals surface area contributed by atoms with Gasteiger partial charge < -0.3 is 19.8 Å². The average molecular weight is 738 g/mol. The zero-order valence-corrected chi connectivity index (χ0v) is 31.8. The first-order chi connectivity index (χ1) is 26.8. The van der Waals surface area contributed by atoms with E-state index in [1.807, 2.05) is 24.3 Å². The number of hydrogen-bond acceptors (Lipinski definition) is 7. The summed E-state index contributed by atoms with van der Waals surface area (Å²) in [6, 6.07) is 32.9. The number of phenolic OH excluding ortho intramolecular Hbond substituents is 1. The summed E-state index contributed by atoms with van der Waals surface area (Å²) in [5.74, 6) is 0.0766. The first-order valence-corrected chi connectivity index (χ1v) is 20.0. The van der Waals surface area contributed by atoms with Gasteiger partial charge in [-0.3, -0.25) is 24.6 Å². The summed E-state index contributed by atoms with van der Waals surface area (Å²) in [5.41, 5.74) is 10.2. The highest BCUT2D eigenvalue weighted by Gasteiger charge is 2.39. The molecule has 3 saturated heterocycles. The molecule has 3 fully saturated rings. The molecule has 0 spiro atoms. The fraction of sp³-hybridized carbons (Fsp3) is 0.370. The van der Waals surface area contributed by atoms with Crippen molar-refractivity contribution in [2.24, 2.45) is 0 Å². The second-order valence-electron chi connectivity index (χ2n) is 15.4. The van der Waals surface area contributed by atoms with Gasteiger partial charge in [-0.05, 0) is 114 Å². The quantitative estimate of drug-likeness (QED) is 0.141. The molecule has 0 radical (unpaired) electrons. The molecule has 0 saturated carbocycles. The van der Waals surface area contributed by atoms with E-state index in [1.165, 1.54) is 40.7 Å². The smallest absolute Gasteiger partial charge is 0.255 e. The molecule has 0 aromatic heterocycles. The average Bonchev–Trinajstić information content (AvgIpc) is 3.55. The third-order valence-electron chi connectivity index (χ3n) is 12.2. The van der Waals surface area contributed by atoms with Gasteiger partial charge in [0, 0.05) is 63.5 Å². The van der Waals surface area contributed by atoms with Crippen molar-refractivity contribution >= 4 is 34.6 Å². The van der Waals surface area contributed by atoms with E-state index in [2.05, 4.69) is 87.6 Å². The van der Waals surface area contributed by atoms with E-state index in [1.54, 1.807) is 17.0 Å². The topological polar surface area (TPSA) is 96.4 Å². The number of carbonyl (C=O) groups is 3. The van der Waals surface area contributed by atoms with Gasteiger partial charge in [-0.1, -0.05) is 73.7 Å². The van der Waals surface area contributed by atoms with E-state index in [0.29, 0.717) is 24.4 Å². The third kappa shape index (κ3) is 7.95. The molecular formula is C46H51N5O4. The predicted octanol–water partition coefficient (Wildman–Crippen LogP) is 6.52. The molecule has 4 aromatic carbocycles. The number of anilines is 1. The molecule has 4 aliphatic heterocycles. The molecular weight excluding hydrogens is 687 g/mol. The van der Waals surface area contributed by atoms with Crippen LogP contribution in [0.3, 0.4) is 0 Å². The maximum Gasteiger partial charge on any atom is 0.255 e. The maximum atomic E-state index is 13.1. The minimum absolute atomic E-state index is 0.124. The van der Waals surface area contributed by atoms with Crippen LogP contribution in [0.2, 0.25) is 0 Å². The molecule has 9 nitrogen and oxygen atoms in total. The molecule has 4 aromatic rings. The van der Waals surface area contributed by atoms with E-state index >= 15 is 0 Å². The Bertz CT molecular complexity index is 2050. The summed E-state index contributed by atoms with van der Waals surface area (Å²) in [7, 11) is 0. The summed E-state index contributed by atoms with van der Waals surface area (Å²) in [5, 5.41) is 12.4. The molecule has 2 N–H and O–H groups in total. The number of nitrogens with zero attached hydrogens (tertiary/aromatic N) is 4. The van der Waals surface area contributed by atoms with Crippen LogP contribution in [-0.4, -0.2) is 95.9 Å². The van der Waals surface area contributed by atoms with Crippen LogP contribution >= 0.6 is 0 Å². The number of carbonyl (C=O) groups excluding carboxylic acids is 3. The Morgan fingerprint density at radius 3 is 2.04 bits per heavy atom. The fourth-order valence-electron chi connectivity index (χ4n) is 8.99. The van der Waals surface area contributed by atoms with Gasteiger partial charge in [-0.25, -0.2) is 0 Å².